The Bertz CT molecular complexity index is 263. The first kappa shape index (κ1) is 12.3. The summed E-state index contributed by atoms with van der Waals surface area (Å²) in [5, 5.41) is 9.59. The molecule has 2 amide bonds. The number of carbonyl (C=O) groups is 3. The van der Waals surface area contributed by atoms with Crippen molar-refractivity contribution in [3.05, 3.63) is 12.2 Å². The minimum atomic E-state index is -0.991. The number of hydrogen-bond acceptors (Lipinski definition) is 4. The van der Waals surface area contributed by atoms with Crippen LogP contribution in [0.15, 0.2) is 12.2 Å². The Morgan fingerprint density at radius 1 is 1.29 bits per heavy atom. The predicted molar refractivity (Wildman–Crippen MR) is 46.8 cm³/mol. The van der Waals surface area contributed by atoms with Crippen LogP contribution in [0.3, 0.4) is 0 Å². The number of aliphatic carboxylic acids is 1. The first-order valence-electron chi connectivity index (χ1n) is 4.06. The summed E-state index contributed by atoms with van der Waals surface area (Å²) in [5.41, 5.74) is 0. The molecule has 0 fully saturated rings. The monoisotopic (exact) mass is 198 g/mol. The van der Waals surface area contributed by atoms with Crippen molar-refractivity contribution in [1.82, 2.24) is 4.90 Å². The highest BCUT2D eigenvalue weighted by Gasteiger charge is 2.17. The molecule has 14 heavy (non-hydrogen) atoms. The zero-order valence-corrected chi connectivity index (χ0v) is 8.31. The van der Waals surface area contributed by atoms with Crippen molar-refractivity contribution in [2.45, 2.75) is 13.8 Å². The van der Waals surface area contributed by atoms with Gasteiger partial charge >= 0.3 is 0 Å². The zero-order chi connectivity index (χ0) is 11.3. The van der Waals surface area contributed by atoms with Gasteiger partial charge in [-0.15, -0.1) is 0 Å². The fourth-order valence-corrected chi connectivity index (χ4v) is 0.475. The van der Waals surface area contributed by atoms with Gasteiger partial charge in [-0.05, 0) is 5.92 Å². The Morgan fingerprint density at radius 2 is 1.57 bits per heavy atom. The fraction of sp³-hybridized carbons (Fsp3) is 0.444. The lowest BCUT2D eigenvalue weighted by Crippen LogP contribution is -2.27. The normalized spacial score (nSPS) is 14.4. The molecule has 5 nitrogen and oxygen atoms in total. The Morgan fingerprint density at radius 3 is 1.64 bits per heavy atom. The van der Waals surface area contributed by atoms with Crippen LogP contribution in [0.2, 0.25) is 0 Å². The van der Waals surface area contributed by atoms with Crippen LogP contribution in [0.25, 0.3) is 0 Å². The lowest BCUT2D eigenvalue weighted by atomic mass is 10.2. The molecule has 1 heterocycles. The quantitative estimate of drug-likeness (QED) is 0.503. The van der Waals surface area contributed by atoms with E-state index in [1.54, 1.807) is 13.8 Å². The summed E-state index contributed by atoms with van der Waals surface area (Å²) in [5.74, 6) is -1.81. The first-order chi connectivity index (χ1) is 6.36. The highest BCUT2D eigenvalue weighted by molar-refractivity contribution is 6.12. The molecule has 1 rings (SSSR count). The molecule has 0 aromatic rings. The van der Waals surface area contributed by atoms with Gasteiger partial charge in [-0.2, -0.15) is 0 Å². The Labute approximate surface area is 82.0 Å². The molecule has 0 N–H and O–H groups in total. The van der Waals surface area contributed by atoms with Crippen LogP contribution < -0.4 is 5.11 Å². The maximum atomic E-state index is 10.4. The van der Waals surface area contributed by atoms with Crippen LogP contribution in [0.4, 0.5) is 0 Å². The van der Waals surface area contributed by atoms with Gasteiger partial charge in [-0.1, -0.05) is 13.8 Å². The lowest BCUT2D eigenvalue weighted by molar-refractivity contribution is -0.310. The maximum Gasteiger partial charge on any atom is 0.253 e. The van der Waals surface area contributed by atoms with Crippen molar-refractivity contribution in [2.24, 2.45) is 5.92 Å². The van der Waals surface area contributed by atoms with Crippen molar-refractivity contribution < 1.29 is 19.5 Å². The number of hydrogen-bond donors (Lipinski definition) is 0. The minimum Gasteiger partial charge on any atom is -0.550 e. The number of amides is 2. The molecule has 0 saturated carbocycles. The van der Waals surface area contributed by atoms with E-state index in [9.17, 15) is 19.5 Å². The van der Waals surface area contributed by atoms with Crippen LogP contribution in [0, 0.1) is 5.92 Å². The molecule has 0 aromatic heterocycles. The third-order valence-corrected chi connectivity index (χ3v) is 1.50. The van der Waals surface area contributed by atoms with E-state index in [4.69, 9.17) is 0 Å². The highest BCUT2D eigenvalue weighted by Crippen LogP contribution is 1.97. The molecule has 1 aliphatic heterocycles. The Hall–Kier alpha value is -1.65. The molecular weight excluding hydrogens is 186 g/mol. The van der Waals surface area contributed by atoms with Crippen LogP contribution in [-0.2, 0) is 14.4 Å². The number of rotatable bonds is 1. The molecule has 0 radical (unpaired) electrons. The van der Waals surface area contributed by atoms with E-state index < -0.39 is 5.97 Å². The minimum absolute atomic E-state index is 0.241. The van der Waals surface area contributed by atoms with E-state index in [1.807, 2.05) is 0 Å². The van der Waals surface area contributed by atoms with Gasteiger partial charge in [0.1, 0.15) is 0 Å². The highest BCUT2D eigenvalue weighted by atomic mass is 16.4. The first-order valence-corrected chi connectivity index (χ1v) is 4.06. The maximum absolute atomic E-state index is 10.4. The molecule has 5 heteroatoms. The Kier molecular flexibility index (Phi) is 4.55. The number of carboxylic acid groups (broad SMARTS) is 1. The topological polar surface area (TPSA) is 77.5 Å². The van der Waals surface area contributed by atoms with Crippen molar-refractivity contribution >= 4 is 17.8 Å². The van der Waals surface area contributed by atoms with E-state index in [2.05, 4.69) is 0 Å². The molecule has 0 bridgehead atoms. The van der Waals surface area contributed by atoms with Crippen molar-refractivity contribution in [1.29, 1.82) is 0 Å². The smallest absolute Gasteiger partial charge is 0.253 e. The Balaban J connectivity index is 0.000000255. The van der Waals surface area contributed by atoms with Crippen LogP contribution in [0.1, 0.15) is 13.8 Å². The number of likely N-dealkylation sites (N-methyl/N-ethyl adjacent to an activating group) is 1. The van der Waals surface area contributed by atoms with Crippen LogP contribution in [-0.4, -0.2) is 29.7 Å². The molecule has 1 aliphatic rings. The van der Waals surface area contributed by atoms with Crippen molar-refractivity contribution in [3.8, 4) is 0 Å². The van der Waals surface area contributed by atoms with Gasteiger partial charge in [0.15, 0.2) is 0 Å². The third-order valence-electron chi connectivity index (χ3n) is 1.50. The molecule has 0 spiro atoms. The summed E-state index contributed by atoms with van der Waals surface area (Å²) >= 11 is 0. The largest absolute Gasteiger partial charge is 0.550 e. The fourth-order valence-electron chi connectivity index (χ4n) is 0.475. The molecule has 78 valence electrons. The van der Waals surface area contributed by atoms with E-state index in [-0.39, 0.29) is 17.7 Å². The standard InChI is InChI=1S/C5H5NO2.C4H8O2/c1-6-4(7)2-3-5(6)8;1-3(2)4(5)6/h2-3H,1H3;3H,1-2H3,(H,5,6)/p-1. The summed E-state index contributed by atoms with van der Waals surface area (Å²) in [4.78, 5) is 31.4. The van der Waals surface area contributed by atoms with Crippen LogP contribution in [0.5, 0.6) is 0 Å². The third kappa shape index (κ3) is 3.84. The average molecular weight is 198 g/mol. The van der Waals surface area contributed by atoms with Gasteiger partial charge in [0.25, 0.3) is 11.8 Å². The van der Waals surface area contributed by atoms with E-state index in [0.717, 1.165) is 4.90 Å². The van der Waals surface area contributed by atoms with Gasteiger partial charge in [-0.3, -0.25) is 14.5 Å². The number of nitrogens with zero attached hydrogens (tertiary/aromatic N) is 1. The number of carboxylic acids is 1. The summed E-state index contributed by atoms with van der Waals surface area (Å²) in [6.07, 6.45) is 2.50. The van der Waals surface area contributed by atoms with E-state index >= 15 is 0 Å². The second kappa shape index (κ2) is 5.16. The summed E-state index contributed by atoms with van der Waals surface area (Å²) < 4.78 is 0. The zero-order valence-electron chi connectivity index (χ0n) is 8.31. The van der Waals surface area contributed by atoms with Crippen LogP contribution >= 0.6 is 0 Å². The number of carbonyl (C=O) groups excluding carboxylic acids is 3. The van der Waals surface area contributed by atoms with Gasteiger partial charge in [0.2, 0.25) is 0 Å². The predicted octanol–water partition coefficient (Wildman–Crippen LogP) is -1.07. The molecular formula is C9H12NO4-. The molecule has 0 atom stereocenters. The molecule has 0 unspecified atom stereocenters. The van der Waals surface area contributed by atoms with E-state index in [1.165, 1.54) is 19.2 Å². The summed E-state index contributed by atoms with van der Waals surface area (Å²) in [6, 6.07) is 0. The second-order valence-corrected chi connectivity index (χ2v) is 3.04. The van der Waals surface area contributed by atoms with Gasteiger partial charge < -0.3 is 9.90 Å². The molecule has 0 aromatic carbocycles. The lowest BCUT2D eigenvalue weighted by Gasteiger charge is -2.01. The van der Waals surface area contributed by atoms with Gasteiger partial charge in [0, 0.05) is 25.2 Å². The van der Waals surface area contributed by atoms with Gasteiger partial charge in [0.05, 0.1) is 0 Å². The second-order valence-electron chi connectivity index (χ2n) is 3.04. The average Bonchev–Trinajstić information content (AvgIpc) is 2.37. The van der Waals surface area contributed by atoms with Gasteiger partial charge in [-0.25, -0.2) is 0 Å². The van der Waals surface area contributed by atoms with Crippen molar-refractivity contribution in [3.63, 3.8) is 0 Å². The molecule has 0 saturated heterocycles. The molecule has 0 aliphatic carbocycles. The number of imide groups is 1. The SMILES string of the molecule is CC(C)C(=O)[O-].CN1C(=O)C=CC1=O. The van der Waals surface area contributed by atoms with E-state index in [0.29, 0.717) is 0 Å². The summed E-state index contributed by atoms with van der Waals surface area (Å²) in [7, 11) is 1.45. The van der Waals surface area contributed by atoms with Crippen molar-refractivity contribution in [2.75, 3.05) is 7.05 Å². The summed E-state index contributed by atoms with van der Waals surface area (Å²) in [6.45, 7) is 3.16.